The van der Waals surface area contributed by atoms with E-state index in [1.54, 1.807) is 36.4 Å². The number of ether oxygens (including phenoxy) is 2. The zero-order valence-electron chi connectivity index (χ0n) is 11.2. The Morgan fingerprint density at radius 2 is 2.05 bits per heavy atom. The lowest BCUT2D eigenvalue weighted by Gasteiger charge is -2.03. The van der Waals surface area contributed by atoms with E-state index in [0.29, 0.717) is 5.75 Å². The van der Waals surface area contributed by atoms with Crippen LogP contribution >= 0.6 is 0 Å². The molecule has 0 atom stereocenters. The predicted octanol–water partition coefficient (Wildman–Crippen LogP) is 2.12. The normalized spacial score (nSPS) is 16.7. The van der Waals surface area contributed by atoms with Gasteiger partial charge in [0.1, 0.15) is 0 Å². The number of nitrogens with one attached hydrogen (secondary N) is 1. The van der Waals surface area contributed by atoms with Crippen LogP contribution in [0.2, 0.25) is 0 Å². The third-order valence-electron chi connectivity index (χ3n) is 2.60. The molecule has 2 amide bonds. The van der Waals surface area contributed by atoms with Crippen LogP contribution < -0.4 is 10.1 Å². The highest BCUT2D eigenvalue weighted by Crippen LogP contribution is 2.26. The third-order valence-corrected chi connectivity index (χ3v) is 2.60. The Kier molecular flexibility index (Phi) is 4.40. The van der Waals surface area contributed by atoms with Gasteiger partial charge in [0.2, 0.25) is 0 Å². The van der Waals surface area contributed by atoms with E-state index in [0.717, 1.165) is 5.56 Å². The number of imide groups is 1. The Balaban J connectivity index is 1.99. The molecule has 1 heterocycles. The number of cyclic esters (lactones) is 1. The maximum absolute atomic E-state index is 11.2. The van der Waals surface area contributed by atoms with Crippen LogP contribution in [0.25, 0.3) is 6.08 Å². The van der Waals surface area contributed by atoms with Crippen LogP contribution in [0.1, 0.15) is 5.56 Å². The number of aromatic hydroxyl groups is 1. The highest BCUT2D eigenvalue weighted by Gasteiger charge is 2.24. The van der Waals surface area contributed by atoms with Crippen molar-refractivity contribution in [2.75, 3.05) is 7.11 Å². The standard InChI is InChI=1S/C15H13NO5/c1-20-13-9-10(7-8-11(13)17)5-3-2-4-6-12-14(18)16-15(19)21-12/h2-9,17H,1H3,(H,16,18,19). The fourth-order valence-electron chi connectivity index (χ4n) is 1.61. The molecule has 1 fully saturated rings. The minimum atomic E-state index is -0.772. The summed E-state index contributed by atoms with van der Waals surface area (Å²) in [4.78, 5) is 21.9. The SMILES string of the molecule is COc1cc(C=CC=CC=C2OC(=O)NC2=O)ccc1O. The average Bonchev–Trinajstić information content (AvgIpc) is 2.78. The van der Waals surface area contributed by atoms with Gasteiger partial charge in [0.05, 0.1) is 7.11 Å². The van der Waals surface area contributed by atoms with E-state index >= 15 is 0 Å². The molecule has 6 nitrogen and oxygen atoms in total. The van der Waals surface area contributed by atoms with Crippen molar-refractivity contribution in [3.05, 3.63) is 53.8 Å². The number of carbonyl (C=O) groups excluding carboxylic acids is 2. The van der Waals surface area contributed by atoms with Crippen LogP contribution in [0, 0.1) is 0 Å². The molecule has 1 saturated heterocycles. The summed E-state index contributed by atoms with van der Waals surface area (Å²) >= 11 is 0. The number of carbonyl (C=O) groups is 2. The van der Waals surface area contributed by atoms with Crippen LogP contribution in [-0.4, -0.2) is 24.2 Å². The Morgan fingerprint density at radius 3 is 2.71 bits per heavy atom. The molecular formula is C15H13NO5. The Hall–Kier alpha value is -3.02. The molecule has 0 spiro atoms. The predicted molar refractivity (Wildman–Crippen MR) is 75.5 cm³/mol. The van der Waals surface area contributed by atoms with Crippen LogP contribution in [0.15, 0.2) is 48.3 Å². The minimum Gasteiger partial charge on any atom is -0.504 e. The molecule has 1 aromatic carbocycles. The Morgan fingerprint density at radius 1 is 1.24 bits per heavy atom. The van der Waals surface area contributed by atoms with Crippen LogP contribution in [-0.2, 0) is 9.53 Å². The molecule has 0 radical (unpaired) electrons. The lowest BCUT2D eigenvalue weighted by atomic mass is 10.2. The fraction of sp³-hybridized carbons (Fsp3) is 0.0667. The molecule has 0 aromatic heterocycles. The molecule has 1 aromatic rings. The second kappa shape index (κ2) is 6.42. The highest BCUT2D eigenvalue weighted by atomic mass is 16.6. The van der Waals surface area contributed by atoms with Crippen molar-refractivity contribution in [1.29, 1.82) is 0 Å². The van der Waals surface area contributed by atoms with Crippen molar-refractivity contribution in [1.82, 2.24) is 5.32 Å². The first-order valence-electron chi connectivity index (χ1n) is 6.05. The molecule has 0 unspecified atom stereocenters. The summed E-state index contributed by atoms with van der Waals surface area (Å²) < 4.78 is 9.62. The minimum absolute atomic E-state index is 0.0454. The quantitative estimate of drug-likeness (QED) is 0.654. The van der Waals surface area contributed by atoms with Gasteiger partial charge in [-0.2, -0.15) is 0 Å². The first kappa shape index (κ1) is 14.4. The molecule has 0 bridgehead atoms. The number of methoxy groups -OCH3 is 1. The van der Waals surface area contributed by atoms with Gasteiger partial charge in [-0.3, -0.25) is 10.1 Å². The van der Waals surface area contributed by atoms with Crippen molar-refractivity contribution < 1.29 is 24.2 Å². The van der Waals surface area contributed by atoms with Crippen molar-refractivity contribution >= 4 is 18.1 Å². The van der Waals surface area contributed by atoms with Gasteiger partial charge in [-0.25, -0.2) is 4.79 Å². The number of hydrogen-bond donors (Lipinski definition) is 2. The molecule has 1 aliphatic rings. The maximum atomic E-state index is 11.2. The van der Waals surface area contributed by atoms with Crippen molar-refractivity contribution in [2.24, 2.45) is 0 Å². The smallest absolute Gasteiger partial charge is 0.419 e. The van der Waals surface area contributed by atoms with E-state index in [-0.39, 0.29) is 11.5 Å². The van der Waals surface area contributed by atoms with Crippen LogP contribution in [0.4, 0.5) is 4.79 Å². The van der Waals surface area contributed by atoms with E-state index in [2.05, 4.69) is 4.74 Å². The average molecular weight is 287 g/mol. The molecule has 2 N–H and O–H groups in total. The molecule has 1 aliphatic heterocycles. The second-order valence-corrected chi connectivity index (χ2v) is 4.05. The number of allylic oxidation sites excluding steroid dienone is 4. The fourth-order valence-corrected chi connectivity index (χ4v) is 1.61. The Labute approximate surface area is 121 Å². The van der Waals surface area contributed by atoms with E-state index < -0.39 is 12.0 Å². The molecule has 0 aliphatic carbocycles. The van der Waals surface area contributed by atoms with Crippen molar-refractivity contribution in [3.8, 4) is 11.5 Å². The topological polar surface area (TPSA) is 84.9 Å². The molecule has 2 rings (SSSR count). The van der Waals surface area contributed by atoms with Gasteiger partial charge < -0.3 is 14.6 Å². The van der Waals surface area contributed by atoms with Gasteiger partial charge in [-0.15, -0.1) is 0 Å². The summed E-state index contributed by atoms with van der Waals surface area (Å²) in [6, 6.07) is 4.95. The Bertz CT molecular complexity index is 658. The van der Waals surface area contributed by atoms with E-state index in [1.807, 2.05) is 5.32 Å². The molecule has 6 heteroatoms. The van der Waals surface area contributed by atoms with Gasteiger partial charge in [0.15, 0.2) is 17.3 Å². The van der Waals surface area contributed by atoms with E-state index in [1.165, 1.54) is 19.3 Å². The van der Waals surface area contributed by atoms with Gasteiger partial charge in [-0.05, 0) is 23.8 Å². The summed E-state index contributed by atoms with van der Waals surface area (Å²) in [7, 11) is 1.47. The van der Waals surface area contributed by atoms with Crippen molar-refractivity contribution in [3.63, 3.8) is 0 Å². The zero-order chi connectivity index (χ0) is 15.2. The first-order chi connectivity index (χ1) is 10.1. The number of phenolic OH excluding ortho intramolecular Hbond substituents is 1. The van der Waals surface area contributed by atoms with Gasteiger partial charge in [-0.1, -0.05) is 30.4 Å². The van der Waals surface area contributed by atoms with E-state index in [9.17, 15) is 14.7 Å². The maximum Gasteiger partial charge on any atom is 0.419 e. The summed E-state index contributed by atoms with van der Waals surface area (Å²) in [5.41, 5.74) is 0.840. The van der Waals surface area contributed by atoms with E-state index in [4.69, 9.17) is 4.74 Å². The second-order valence-electron chi connectivity index (χ2n) is 4.05. The zero-order valence-corrected chi connectivity index (χ0v) is 11.2. The lowest BCUT2D eigenvalue weighted by molar-refractivity contribution is -0.116. The lowest BCUT2D eigenvalue weighted by Crippen LogP contribution is -2.18. The molecular weight excluding hydrogens is 274 g/mol. The third kappa shape index (κ3) is 3.73. The number of rotatable bonds is 4. The van der Waals surface area contributed by atoms with Gasteiger partial charge in [0, 0.05) is 0 Å². The molecule has 0 saturated carbocycles. The monoisotopic (exact) mass is 287 g/mol. The molecule has 108 valence electrons. The number of benzene rings is 1. The van der Waals surface area contributed by atoms with Crippen LogP contribution in [0.5, 0.6) is 11.5 Å². The van der Waals surface area contributed by atoms with Crippen molar-refractivity contribution in [2.45, 2.75) is 0 Å². The van der Waals surface area contributed by atoms with Crippen LogP contribution in [0.3, 0.4) is 0 Å². The number of phenols is 1. The number of hydrogen-bond acceptors (Lipinski definition) is 5. The first-order valence-corrected chi connectivity index (χ1v) is 6.05. The van der Waals surface area contributed by atoms with Gasteiger partial charge in [0.25, 0.3) is 5.91 Å². The van der Waals surface area contributed by atoms with Gasteiger partial charge >= 0.3 is 6.09 Å². The summed E-state index contributed by atoms with van der Waals surface area (Å²) in [5, 5.41) is 11.5. The number of alkyl carbamates (subject to hydrolysis) is 1. The summed E-state index contributed by atoms with van der Waals surface area (Å²) in [6.07, 6.45) is 7.39. The number of amides is 2. The summed E-state index contributed by atoms with van der Waals surface area (Å²) in [5.74, 6) is -0.144. The molecule has 21 heavy (non-hydrogen) atoms. The largest absolute Gasteiger partial charge is 0.504 e. The summed E-state index contributed by atoms with van der Waals surface area (Å²) in [6.45, 7) is 0. The highest BCUT2D eigenvalue weighted by molar-refractivity contribution is 6.07.